The lowest BCUT2D eigenvalue weighted by Crippen LogP contribution is -2.49. The number of aliphatic hydroxyl groups is 1. The van der Waals surface area contributed by atoms with Gasteiger partial charge in [0.1, 0.15) is 30.3 Å². The zero-order chi connectivity index (χ0) is 33.8. The van der Waals surface area contributed by atoms with Gasteiger partial charge in [0, 0.05) is 61.9 Å². The van der Waals surface area contributed by atoms with E-state index in [-0.39, 0.29) is 30.6 Å². The van der Waals surface area contributed by atoms with Gasteiger partial charge in [0.15, 0.2) is 11.6 Å². The van der Waals surface area contributed by atoms with Crippen molar-refractivity contribution in [2.45, 2.75) is 26.1 Å². The number of benzene rings is 2. The lowest BCUT2D eigenvalue weighted by atomic mass is 10.1. The molecule has 0 bridgehead atoms. The molecule has 0 spiro atoms. The molecule has 0 atom stereocenters. The molecule has 2 aromatic carbocycles. The van der Waals surface area contributed by atoms with Crippen LogP contribution >= 0.6 is 12.4 Å². The number of esters is 1. The van der Waals surface area contributed by atoms with E-state index in [9.17, 15) is 9.59 Å². The highest BCUT2D eigenvalue weighted by Crippen LogP contribution is 2.24. The van der Waals surface area contributed by atoms with Gasteiger partial charge in [-0.15, -0.1) is 22.6 Å². The summed E-state index contributed by atoms with van der Waals surface area (Å²) in [5, 5.41) is 31.4. The van der Waals surface area contributed by atoms with Crippen LogP contribution in [0.1, 0.15) is 11.1 Å². The van der Waals surface area contributed by atoms with E-state index in [1.807, 2.05) is 50.2 Å². The third kappa shape index (κ3) is 11.6. The largest absolute Gasteiger partial charge is 0.497 e. The van der Waals surface area contributed by atoms with E-state index in [1.165, 1.54) is 34.2 Å². The Kier molecular flexibility index (Phi) is 14.2. The van der Waals surface area contributed by atoms with Gasteiger partial charge in [-0.2, -0.15) is 0 Å². The van der Waals surface area contributed by atoms with Crippen LogP contribution in [0, 0.1) is 13.8 Å². The summed E-state index contributed by atoms with van der Waals surface area (Å²) in [5.41, 5.74) is 3.77. The van der Waals surface area contributed by atoms with Crippen LogP contribution in [0.5, 0.6) is 11.5 Å². The van der Waals surface area contributed by atoms with Gasteiger partial charge in [0.2, 0.25) is 0 Å². The molecule has 6 rings (SSSR count). The molecular formula is C32H39ClN8O7. The van der Waals surface area contributed by atoms with Gasteiger partial charge in [0.05, 0.1) is 20.3 Å². The molecular weight excluding hydrogens is 644 g/mol. The second-order valence-electron chi connectivity index (χ2n) is 10.6. The quantitative estimate of drug-likeness (QED) is 0.149. The third-order valence-electron chi connectivity index (χ3n) is 6.63. The standard InChI is InChI=1S/C16H18N4O3.C13H13N3O3.C3H7NO.ClH/c1-11-5-12(7-13(6-11)22-2)16-18-10-20(19-16)4-3-15(21)23-14-8-17-9-14;1-9-5-10(7-11(6-9)19-2)13-14-8-16(15-13)4-3-12(17)18;5-3-1-4-2-3;/h3-7,10,14,17H,8-9H2,1-2H3;3-8H,1-2H3,(H,17,18);3-5H,1-2H2;1H/b2*4-3-;;. The summed E-state index contributed by atoms with van der Waals surface area (Å²) in [6.07, 6.45) is 8.10. The summed E-state index contributed by atoms with van der Waals surface area (Å²) in [4.78, 5) is 30.4. The normalized spacial score (nSPS) is 14.0. The lowest BCUT2D eigenvalue weighted by molar-refractivity contribution is -0.145. The van der Waals surface area contributed by atoms with Crippen LogP contribution in [-0.4, -0.2) is 104 Å². The van der Waals surface area contributed by atoms with Crippen LogP contribution in [0.25, 0.3) is 35.2 Å². The number of aliphatic carboxylic acids is 1. The molecule has 0 amide bonds. The first-order valence-electron chi connectivity index (χ1n) is 14.7. The first-order chi connectivity index (χ1) is 22.6. The van der Waals surface area contributed by atoms with Crippen molar-refractivity contribution in [2.75, 3.05) is 40.4 Å². The zero-order valence-corrected chi connectivity index (χ0v) is 27.8. The van der Waals surface area contributed by atoms with Gasteiger partial charge in [-0.25, -0.2) is 28.9 Å². The first-order valence-corrected chi connectivity index (χ1v) is 14.7. The number of carboxylic acid groups (broad SMARTS) is 1. The molecule has 4 heterocycles. The number of carbonyl (C=O) groups excluding carboxylic acids is 1. The molecule has 0 radical (unpaired) electrons. The molecule has 2 aliphatic rings. The van der Waals surface area contributed by atoms with Crippen LogP contribution in [0.2, 0.25) is 0 Å². The van der Waals surface area contributed by atoms with Crippen LogP contribution in [0.15, 0.2) is 61.2 Å². The molecule has 48 heavy (non-hydrogen) atoms. The number of halogens is 1. The minimum Gasteiger partial charge on any atom is -0.497 e. The van der Waals surface area contributed by atoms with Crippen molar-refractivity contribution in [3.8, 4) is 34.3 Å². The van der Waals surface area contributed by atoms with E-state index >= 15 is 0 Å². The molecule has 2 aromatic heterocycles. The molecule has 4 aromatic rings. The summed E-state index contributed by atoms with van der Waals surface area (Å²) >= 11 is 0. The number of aryl methyl sites for hydroxylation is 2. The highest BCUT2D eigenvalue weighted by atomic mass is 35.5. The number of carboxylic acids is 1. The van der Waals surface area contributed by atoms with Crippen molar-refractivity contribution >= 4 is 36.7 Å². The Labute approximate surface area is 283 Å². The minimum absolute atomic E-state index is 0. The smallest absolute Gasteiger partial charge is 0.332 e. The number of nitrogens with zero attached hydrogens (tertiary/aromatic N) is 6. The predicted molar refractivity (Wildman–Crippen MR) is 181 cm³/mol. The molecule has 0 aliphatic carbocycles. The van der Waals surface area contributed by atoms with Crippen LogP contribution < -0.4 is 20.1 Å². The number of ether oxygens (including phenoxy) is 3. The Morgan fingerprint density at radius 1 is 0.792 bits per heavy atom. The SMILES string of the molecule is COc1cc(C)cc(-c2ncn(/C=C\C(=O)O)n2)c1.COc1cc(C)cc(-c2ncn(/C=C\C(=O)OC3CNC3)n2)c1.Cl.OC1CNC1. The van der Waals surface area contributed by atoms with Crippen LogP contribution in [0.3, 0.4) is 0 Å². The van der Waals surface area contributed by atoms with Gasteiger partial charge in [-0.1, -0.05) is 0 Å². The van der Waals surface area contributed by atoms with Gasteiger partial charge in [-0.3, -0.25) is 0 Å². The fourth-order valence-electron chi connectivity index (χ4n) is 4.05. The number of aliphatic hydroxyl groups excluding tert-OH is 1. The van der Waals surface area contributed by atoms with Crippen molar-refractivity contribution in [1.82, 2.24) is 40.2 Å². The van der Waals surface area contributed by atoms with Crippen molar-refractivity contribution in [3.63, 3.8) is 0 Å². The summed E-state index contributed by atoms with van der Waals surface area (Å²) < 4.78 is 18.4. The van der Waals surface area contributed by atoms with E-state index in [4.69, 9.17) is 24.4 Å². The fourth-order valence-corrected chi connectivity index (χ4v) is 4.05. The maximum Gasteiger partial charge on any atom is 0.332 e. The minimum atomic E-state index is -1.03. The molecule has 2 saturated heterocycles. The molecule has 16 heteroatoms. The molecule has 15 nitrogen and oxygen atoms in total. The fraction of sp³-hybridized carbons (Fsp3) is 0.312. The monoisotopic (exact) mass is 682 g/mol. The predicted octanol–water partition coefficient (Wildman–Crippen LogP) is 2.44. The highest BCUT2D eigenvalue weighted by Gasteiger charge is 2.19. The number of methoxy groups -OCH3 is 2. The van der Waals surface area contributed by atoms with E-state index in [2.05, 4.69) is 30.8 Å². The number of aromatic nitrogens is 6. The topological polar surface area (TPSA) is 188 Å². The van der Waals surface area contributed by atoms with Crippen molar-refractivity contribution < 1.29 is 34.0 Å². The Morgan fingerprint density at radius 2 is 1.25 bits per heavy atom. The molecule has 4 N–H and O–H groups in total. The molecule has 0 saturated carbocycles. The summed E-state index contributed by atoms with van der Waals surface area (Å²) in [7, 11) is 3.22. The Bertz CT molecular complexity index is 1710. The molecule has 0 unspecified atom stereocenters. The average Bonchev–Trinajstić information content (AvgIpc) is 3.70. The van der Waals surface area contributed by atoms with E-state index in [0.717, 1.165) is 52.9 Å². The number of rotatable bonds is 9. The molecule has 2 fully saturated rings. The van der Waals surface area contributed by atoms with Gasteiger partial charge in [-0.05, 0) is 61.4 Å². The number of hydrogen-bond acceptors (Lipinski definition) is 12. The van der Waals surface area contributed by atoms with Gasteiger partial charge < -0.3 is 35.1 Å². The van der Waals surface area contributed by atoms with Crippen LogP contribution in [-0.2, 0) is 14.3 Å². The van der Waals surface area contributed by atoms with Crippen molar-refractivity contribution in [1.29, 1.82) is 0 Å². The number of carbonyl (C=O) groups is 2. The first kappa shape index (κ1) is 37.4. The second kappa shape index (κ2) is 18.3. The van der Waals surface area contributed by atoms with Crippen molar-refractivity contribution in [3.05, 3.63) is 72.3 Å². The highest BCUT2D eigenvalue weighted by molar-refractivity contribution is 5.85. The summed E-state index contributed by atoms with van der Waals surface area (Å²) in [6, 6.07) is 11.4. The lowest BCUT2D eigenvalue weighted by Gasteiger charge is -2.25. The number of nitrogens with one attached hydrogen (secondary N) is 2. The van der Waals surface area contributed by atoms with E-state index in [1.54, 1.807) is 20.5 Å². The van der Waals surface area contributed by atoms with Crippen molar-refractivity contribution in [2.24, 2.45) is 0 Å². The van der Waals surface area contributed by atoms with Crippen LogP contribution in [0.4, 0.5) is 0 Å². The maximum absolute atomic E-state index is 11.6. The third-order valence-corrected chi connectivity index (χ3v) is 6.63. The Hall–Kier alpha value is -5.09. The van der Waals surface area contributed by atoms with E-state index in [0.29, 0.717) is 24.7 Å². The molecule has 2 aliphatic heterocycles. The Morgan fingerprint density at radius 3 is 1.62 bits per heavy atom. The number of β-amino-alcohol motifs (C(OH)–C–C–N with tert-alkyl or cyclic N) is 1. The second-order valence-corrected chi connectivity index (χ2v) is 10.6. The number of hydrogen-bond donors (Lipinski definition) is 4. The van der Waals surface area contributed by atoms with E-state index < -0.39 is 5.97 Å². The summed E-state index contributed by atoms with van der Waals surface area (Å²) in [6.45, 7) is 6.94. The average molecular weight is 683 g/mol. The maximum atomic E-state index is 11.6. The van der Waals surface area contributed by atoms with Gasteiger partial charge >= 0.3 is 11.9 Å². The molecule has 256 valence electrons. The summed E-state index contributed by atoms with van der Waals surface area (Å²) in [5.74, 6) is 1.14. The van der Waals surface area contributed by atoms with Gasteiger partial charge in [0.25, 0.3) is 0 Å². The Balaban J connectivity index is 0.000000226. The zero-order valence-electron chi connectivity index (χ0n) is 26.9.